The number of benzene rings is 2. The predicted molar refractivity (Wildman–Crippen MR) is 138 cm³/mol. The fourth-order valence-corrected chi connectivity index (χ4v) is 6.97. The Balaban J connectivity index is 1.81. The first-order valence-electron chi connectivity index (χ1n) is 11.3. The van der Waals surface area contributed by atoms with Crippen molar-refractivity contribution in [3.63, 3.8) is 0 Å². The van der Waals surface area contributed by atoms with E-state index in [9.17, 15) is 22.5 Å². The van der Waals surface area contributed by atoms with Gasteiger partial charge in [-0.1, -0.05) is 6.07 Å². The van der Waals surface area contributed by atoms with Gasteiger partial charge < -0.3 is 19.7 Å². The van der Waals surface area contributed by atoms with Gasteiger partial charge in [-0.3, -0.25) is 9.19 Å². The molecule has 4 rings (SSSR count). The van der Waals surface area contributed by atoms with Gasteiger partial charge in [-0.05, 0) is 55.8 Å². The molecule has 4 aromatic rings. The van der Waals surface area contributed by atoms with E-state index in [2.05, 4.69) is 9.97 Å². The van der Waals surface area contributed by atoms with Crippen molar-refractivity contribution >= 4 is 37.8 Å². The molecule has 0 aliphatic heterocycles. The molecule has 0 fully saturated rings. The number of carboxylic acid groups (broad SMARTS) is 1. The van der Waals surface area contributed by atoms with Gasteiger partial charge in [-0.25, -0.2) is 22.2 Å². The molecular formula is C25H25N3O8S2. The number of carbonyl (C=O) groups is 1. The second-order valence-electron chi connectivity index (χ2n) is 8.33. The minimum Gasteiger partial charge on any atom is -0.496 e. The lowest BCUT2D eigenvalue weighted by atomic mass is 10.1. The molecule has 0 amide bonds. The number of rotatable bonds is 10. The zero-order valence-electron chi connectivity index (χ0n) is 20.7. The molecule has 200 valence electrons. The van der Waals surface area contributed by atoms with Crippen LogP contribution in [0.4, 0.5) is 0 Å². The van der Waals surface area contributed by atoms with E-state index in [1.807, 2.05) is 6.92 Å². The highest BCUT2D eigenvalue weighted by atomic mass is 32.2. The monoisotopic (exact) mass is 559 g/mol. The summed E-state index contributed by atoms with van der Waals surface area (Å²) >= 11 is 0. The molecule has 2 N–H and O–H groups in total. The average molecular weight is 560 g/mol. The lowest BCUT2D eigenvalue weighted by Gasteiger charge is -2.13. The molecule has 2 aromatic carbocycles. The summed E-state index contributed by atoms with van der Waals surface area (Å²) in [6, 6.07) is 9.79. The van der Waals surface area contributed by atoms with Crippen LogP contribution in [0.15, 0.2) is 58.7 Å². The zero-order valence-corrected chi connectivity index (χ0v) is 22.4. The van der Waals surface area contributed by atoms with E-state index in [1.165, 1.54) is 43.5 Å². The summed E-state index contributed by atoms with van der Waals surface area (Å²) < 4.78 is 52.7. The quantitative estimate of drug-likeness (QED) is 0.296. The Morgan fingerprint density at radius 3 is 2.47 bits per heavy atom. The van der Waals surface area contributed by atoms with E-state index in [1.54, 1.807) is 19.2 Å². The molecule has 1 unspecified atom stereocenters. The minimum absolute atomic E-state index is 0.115. The maximum absolute atomic E-state index is 13.8. The highest BCUT2D eigenvalue weighted by molar-refractivity contribution is 7.91. The Kier molecular flexibility index (Phi) is 7.81. The standard InChI is InChI=1S/C25H25N3O8S2/c1-15-11-26-21(16(2)24(15)35-3)14-37(32)25-27-20-10-17(12-29)4-9-22(20)28(25)38(33,34)19-7-5-18(6-8-19)36-13-23(30)31/h4-11,29H,12-14H2,1-3H3,(H,30,31). The predicted octanol–water partition coefficient (Wildman–Crippen LogP) is 2.56. The van der Waals surface area contributed by atoms with Gasteiger partial charge in [0.05, 0.1) is 51.9 Å². The summed E-state index contributed by atoms with van der Waals surface area (Å²) in [6.07, 6.45) is 1.60. The number of imidazole rings is 1. The number of pyridine rings is 1. The molecule has 0 aliphatic rings. The second kappa shape index (κ2) is 10.9. The Morgan fingerprint density at radius 1 is 1.13 bits per heavy atom. The third-order valence-corrected chi connectivity index (χ3v) is 8.83. The Labute approximate surface area is 221 Å². The first-order valence-corrected chi connectivity index (χ1v) is 14.0. The minimum atomic E-state index is -4.31. The number of aryl methyl sites for hydroxylation is 1. The molecule has 0 saturated carbocycles. The number of aliphatic hydroxyl groups excluding tert-OH is 1. The summed E-state index contributed by atoms with van der Waals surface area (Å²) in [5.74, 6) is -0.508. The van der Waals surface area contributed by atoms with Crippen LogP contribution in [0.1, 0.15) is 22.4 Å². The molecular weight excluding hydrogens is 534 g/mol. The smallest absolute Gasteiger partial charge is 0.341 e. The highest BCUT2D eigenvalue weighted by Crippen LogP contribution is 2.30. The molecule has 11 nitrogen and oxygen atoms in total. The average Bonchev–Trinajstić information content (AvgIpc) is 3.29. The van der Waals surface area contributed by atoms with Crippen LogP contribution in [-0.4, -0.2) is 56.5 Å². The van der Waals surface area contributed by atoms with E-state index >= 15 is 0 Å². The van der Waals surface area contributed by atoms with Gasteiger partial charge in [0.25, 0.3) is 10.0 Å². The van der Waals surface area contributed by atoms with Crippen LogP contribution in [-0.2, 0) is 38.0 Å². The first-order chi connectivity index (χ1) is 18.1. The number of methoxy groups -OCH3 is 1. The number of hydrogen-bond donors (Lipinski definition) is 2. The van der Waals surface area contributed by atoms with E-state index < -0.39 is 33.4 Å². The van der Waals surface area contributed by atoms with Crippen LogP contribution in [0.3, 0.4) is 0 Å². The van der Waals surface area contributed by atoms with Crippen LogP contribution in [0, 0.1) is 13.8 Å². The third-order valence-electron chi connectivity index (χ3n) is 5.78. The first kappa shape index (κ1) is 27.2. The Hall–Kier alpha value is -3.81. The largest absolute Gasteiger partial charge is 0.496 e. The lowest BCUT2D eigenvalue weighted by molar-refractivity contribution is -0.139. The maximum atomic E-state index is 13.8. The SMILES string of the molecule is COc1c(C)cnc(CS(=O)c2nc3cc(CO)ccc3n2S(=O)(=O)c2ccc(OCC(=O)O)cc2)c1C. The van der Waals surface area contributed by atoms with Crippen molar-refractivity contribution in [3.05, 3.63) is 71.0 Å². The maximum Gasteiger partial charge on any atom is 0.341 e. The number of carboxylic acids is 1. The second-order valence-corrected chi connectivity index (χ2v) is 11.5. The molecule has 0 spiro atoms. The van der Waals surface area contributed by atoms with Crippen molar-refractivity contribution in [2.75, 3.05) is 13.7 Å². The van der Waals surface area contributed by atoms with Crippen molar-refractivity contribution in [2.24, 2.45) is 0 Å². The van der Waals surface area contributed by atoms with Gasteiger partial charge in [0.15, 0.2) is 6.61 Å². The van der Waals surface area contributed by atoms with Gasteiger partial charge in [-0.2, -0.15) is 0 Å². The van der Waals surface area contributed by atoms with E-state index in [4.69, 9.17) is 14.6 Å². The number of fused-ring (bicyclic) bond motifs is 1. The fourth-order valence-electron chi connectivity index (χ4n) is 3.92. The summed E-state index contributed by atoms with van der Waals surface area (Å²) in [7, 11) is -4.72. The van der Waals surface area contributed by atoms with E-state index in [-0.39, 0.29) is 39.2 Å². The van der Waals surface area contributed by atoms with Gasteiger partial charge in [-0.15, -0.1) is 0 Å². The summed E-state index contributed by atoms with van der Waals surface area (Å²) in [5, 5.41) is 18.1. The Bertz CT molecular complexity index is 1650. The summed E-state index contributed by atoms with van der Waals surface area (Å²) in [6.45, 7) is 2.76. The van der Waals surface area contributed by atoms with Crippen molar-refractivity contribution in [3.8, 4) is 11.5 Å². The molecule has 0 aliphatic carbocycles. The molecule has 2 aromatic heterocycles. The van der Waals surface area contributed by atoms with Crippen LogP contribution >= 0.6 is 0 Å². The molecule has 13 heteroatoms. The lowest BCUT2D eigenvalue weighted by Crippen LogP contribution is -2.18. The highest BCUT2D eigenvalue weighted by Gasteiger charge is 2.28. The molecule has 2 heterocycles. The van der Waals surface area contributed by atoms with Crippen LogP contribution in [0.2, 0.25) is 0 Å². The molecule has 0 saturated heterocycles. The third kappa shape index (κ3) is 5.26. The van der Waals surface area contributed by atoms with Crippen molar-refractivity contribution in [1.82, 2.24) is 13.9 Å². The normalized spacial score (nSPS) is 12.4. The summed E-state index contributed by atoms with van der Waals surface area (Å²) in [4.78, 5) is 19.4. The van der Waals surface area contributed by atoms with Gasteiger partial charge in [0.2, 0.25) is 5.16 Å². The van der Waals surface area contributed by atoms with Crippen molar-refractivity contribution in [1.29, 1.82) is 0 Å². The number of ether oxygens (including phenoxy) is 2. The van der Waals surface area contributed by atoms with Gasteiger partial charge >= 0.3 is 5.97 Å². The summed E-state index contributed by atoms with van der Waals surface area (Å²) in [5.41, 5.74) is 2.90. The number of aliphatic hydroxyl groups is 1. The van der Waals surface area contributed by atoms with E-state index in [0.717, 1.165) is 9.54 Å². The van der Waals surface area contributed by atoms with Crippen LogP contribution in [0.5, 0.6) is 11.5 Å². The molecule has 1 atom stereocenters. The van der Waals surface area contributed by atoms with Crippen molar-refractivity contribution < 1.29 is 37.1 Å². The Morgan fingerprint density at radius 2 is 1.84 bits per heavy atom. The zero-order chi connectivity index (χ0) is 27.6. The molecule has 0 radical (unpaired) electrons. The van der Waals surface area contributed by atoms with Crippen LogP contribution < -0.4 is 9.47 Å². The topological polar surface area (TPSA) is 158 Å². The van der Waals surface area contributed by atoms with Crippen molar-refractivity contribution in [2.45, 2.75) is 36.3 Å². The van der Waals surface area contributed by atoms with Gasteiger partial charge in [0, 0.05) is 17.3 Å². The van der Waals surface area contributed by atoms with Crippen LogP contribution in [0.25, 0.3) is 11.0 Å². The number of aliphatic carboxylic acids is 1. The number of hydrogen-bond acceptors (Lipinski definition) is 9. The number of aromatic nitrogens is 3. The van der Waals surface area contributed by atoms with Gasteiger partial charge in [0.1, 0.15) is 11.5 Å². The number of nitrogens with zero attached hydrogens (tertiary/aromatic N) is 3. The molecule has 38 heavy (non-hydrogen) atoms. The van der Waals surface area contributed by atoms with E-state index in [0.29, 0.717) is 22.6 Å². The molecule has 0 bridgehead atoms. The fraction of sp³-hybridized carbons (Fsp3) is 0.240.